The summed E-state index contributed by atoms with van der Waals surface area (Å²) in [6.07, 6.45) is 0. The Bertz CT molecular complexity index is 239. The summed E-state index contributed by atoms with van der Waals surface area (Å²) in [7, 11) is 0. The van der Waals surface area contributed by atoms with Crippen LogP contribution in [0.3, 0.4) is 0 Å². The summed E-state index contributed by atoms with van der Waals surface area (Å²) < 4.78 is 0.978. The topological polar surface area (TPSA) is 20.3 Å². The van der Waals surface area contributed by atoms with Crippen molar-refractivity contribution in [2.45, 2.75) is 13.8 Å². The van der Waals surface area contributed by atoms with Crippen LogP contribution in [-0.4, -0.2) is 38.4 Å². The van der Waals surface area contributed by atoms with Gasteiger partial charge in [-0.2, -0.15) is 0 Å². The van der Waals surface area contributed by atoms with Crippen LogP contribution in [0.4, 0.5) is 0 Å². The molecule has 0 fully saturated rings. The Morgan fingerprint density at radius 1 is 1.50 bits per heavy atom. The van der Waals surface area contributed by atoms with Crippen LogP contribution in [0, 0.1) is 0 Å². The molecule has 0 N–H and O–H groups in total. The van der Waals surface area contributed by atoms with Crippen molar-refractivity contribution in [3.05, 3.63) is 21.5 Å². The number of hydrogen-bond donors (Lipinski definition) is 0. The number of nitrogens with zero attached hydrogens (tertiary/aromatic N) is 1. The third kappa shape index (κ3) is 1.99. The van der Waals surface area contributed by atoms with Gasteiger partial charge in [0.15, 0.2) is 0 Å². The zero-order valence-corrected chi connectivity index (χ0v) is 9.12. The first kappa shape index (κ1) is 9.56. The Hall–Kier alpha value is -0.531. The second kappa shape index (κ2) is 4.48. The third-order valence-electron chi connectivity index (χ3n) is 1.78. The predicted octanol–water partition coefficient (Wildman–Crippen LogP) is 1.23. The van der Waals surface area contributed by atoms with Gasteiger partial charge in [0.1, 0.15) is 0 Å². The molecule has 0 unspecified atom stereocenters. The van der Waals surface area contributed by atoms with E-state index in [0.29, 0.717) is 0 Å². The van der Waals surface area contributed by atoms with Crippen molar-refractivity contribution in [3.8, 4) is 0 Å². The average molecular weight is 230 g/mol. The number of carbonyl (C=O) groups excluding carboxylic acids is 1. The molecule has 2 nitrogen and oxygen atoms in total. The second-order valence-electron chi connectivity index (χ2n) is 2.45. The quantitative estimate of drug-likeness (QED) is 0.715. The predicted molar refractivity (Wildman–Crippen MR) is 50.6 cm³/mol. The van der Waals surface area contributed by atoms with Crippen LogP contribution in [0.2, 0.25) is 0 Å². The fourth-order valence-corrected chi connectivity index (χ4v) is 2.52. The van der Waals surface area contributed by atoms with Crippen molar-refractivity contribution < 1.29 is 4.79 Å². The van der Waals surface area contributed by atoms with E-state index in [0.717, 1.165) is 17.5 Å². The molecule has 1 rings (SSSR count). The summed E-state index contributed by atoms with van der Waals surface area (Å²) in [5.74, 6) is 0.213. The van der Waals surface area contributed by atoms with Crippen LogP contribution in [0.25, 0.3) is 0 Å². The van der Waals surface area contributed by atoms with Crippen molar-refractivity contribution >= 4 is 20.4 Å². The molecule has 0 aliphatic rings. The van der Waals surface area contributed by atoms with Gasteiger partial charge in [-0.25, -0.2) is 0 Å². The van der Waals surface area contributed by atoms with Crippen molar-refractivity contribution in [1.82, 2.24) is 4.90 Å². The maximum atomic E-state index is 11.6. The minimum atomic E-state index is 0.213. The summed E-state index contributed by atoms with van der Waals surface area (Å²) in [5, 5.41) is 0. The maximum absolute atomic E-state index is 11.6. The van der Waals surface area contributed by atoms with E-state index in [1.165, 1.54) is 0 Å². The van der Waals surface area contributed by atoms with Crippen LogP contribution in [-0.2, 0) is 0 Å². The van der Waals surface area contributed by atoms with Crippen LogP contribution in [0.1, 0.15) is 23.1 Å². The fraction of sp³-hybridized carbons (Fsp3) is 0.444. The monoisotopic (exact) mass is 231 g/mol. The van der Waals surface area contributed by atoms with E-state index >= 15 is 0 Å². The van der Waals surface area contributed by atoms with E-state index in [-0.39, 0.29) is 20.4 Å². The molecular formula is C9H13NOSe. The first-order chi connectivity index (χ1) is 5.79. The number of rotatable bonds is 3. The summed E-state index contributed by atoms with van der Waals surface area (Å²) in [6.45, 7) is 5.64. The molecule has 0 aromatic carbocycles. The fourth-order valence-electron chi connectivity index (χ4n) is 1.07. The van der Waals surface area contributed by atoms with E-state index in [2.05, 4.69) is 4.94 Å². The van der Waals surface area contributed by atoms with Gasteiger partial charge in [-0.15, -0.1) is 0 Å². The molecule has 1 heterocycles. The molecule has 0 saturated carbocycles. The number of carbonyl (C=O) groups is 1. The van der Waals surface area contributed by atoms with Gasteiger partial charge in [0, 0.05) is 0 Å². The minimum absolute atomic E-state index is 0.213. The molecule has 1 aromatic rings. The van der Waals surface area contributed by atoms with Gasteiger partial charge < -0.3 is 0 Å². The van der Waals surface area contributed by atoms with Crippen LogP contribution in [0.5, 0.6) is 0 Å². The van der Waals surface area contributed by atoms with Crippen molar-refractivity contribution in [1.29, 1.82) is 0 Å². The van der Waals surface area contributed by atoms with Crippen molar-refractivity contribution in [2.75, 3.05) is 13.1 Å². The molecule has 1 amide bonds. The Morgan fingerprint density at radius 3 is 2.58 bits per heavy atom. The van der Waals surface area contributed by atoms with Crippen LogP contribution in [0.15, 0.2) is 17.1 Å². The van der Waals surface area contributed by atoms with E-state index in [1.807, 2.05) is 30.9 Å². The Kier molecular flexibility index (Phi) is 3.57. The van der Waals surface area contributed by atoms with Gasteiger partial charge in [0.05, 0.1) is 0 Å². The first-order valence-corrected chi connectivity index (χ1v) is 5.97. The van der Waals surface area contributed by atoms with Crippen LogP contribution >= 0.6 is 0 Å². The molecule has 0 saturated heterocycles. The molecule has 3 heteroatoms. The van der Waals surface area contributed by atoms with E-state index < -0.39 is 0 Å². The van der Waals surface area contributed by atoms with Gasteiger partial charge in [0.2, 0.25) is 0 Å². The van der Waals surface area contributed by atoms with Gasteiger partial charge in [-0.1, -0.05) is 0 Å². The Labute approximate surface area is 78.9 Å². The second-order valence-corrected chi connectivity index (χ2v) is 4.44. The average Bonchev–Trinajstić information content (AvgIpc) is 2.58. The van der Waals surface area contributed by atoms with Crippen molar-refractivity contribution in [2.24, 2.45) is 0 Å². The standard InChI is InChI=1S/C9H13NOSe/c1-3-10(4-2)9(11)8-6-5-7-12-8/h5-7H,3-4H2,1-2H3. The summed E-state index contributed by atoms with van der Waals surface area (Å²) in [4.78, 5) is 15.6. The molecule has 0 spiro atoms. The van der Waals surface area contributed by atoms with Gasteiger partial charge >= 0.3 is 78.6 Å². The van der Waals surface area contributed by atoms with Crippen molar-refractivity contribution in [3.63, 3.8) is 0 Å². The zero-order chi connectivity index (χ0) is 8.97. The normalized spacial score (nSPS) is 9.83. The molecule has 0 aliphatic carbocycles. The molecular weight excluding hydrogens is 217 g/mol. The molecule has 0 atom stereocenters. The van der Waals surface area contributed by atoms with Gasteiger partial charge in [-0.05, 0) is 0 Å². The van der Waals surface area contributed by atoms with E-state index in [9.17, 15) is 4.79 Å². The Morgan fingerprint density at radius 2 is 2.17 bits per heavy atom. The van der Waals surface area contributed by atoms with Crippen LogP contribution < -0.4 is 0 Å². The summed E-state index contributed by atoms with van der Waals surface area (Å²) in [6, 6.07) is 3.90. The Balaban J connectivity index is 2.70. The molecule has 0 bridgehead atoms. The third-order valence-corrected chi connectivity index (χ3v) is 3.58. The molecule has 0 aliphatic heterocycles. The molecule has 66 valence electrons. The number of hydrogen-bond acceptors (Lipinski definition) is 1. The molecule has 0 radical (unpaired) electrons. The van der Waals surface area contributed by atoms with Gasteiger partial charge in [-0.3, -0.25) is 0 Å². The molecule has 12 heavy (non-hydrogen) atoms. The van der Waals surface area contributed by atoms with Gasteiger partial charge in [0.25, 0.3) is 0 Å². The molecule has 1 aromatic heterocycles. The zero-order valence-electron chi connectivity index (χ0n) is 7.41. The summed E-state index contributed by atoms with van der Waals surface area (Å²) in [5.41, 5.74) is 0. The summed E-state index contributed by atoms with van der Waals surface area (Å²) >= 11 is 0.277. The SMILES string of the molecule is CCN(CC)C(=O)c1ccc[se]1. The number of amides is 1. The van der Waals surface area contributed by atoms with E-state index in [1.54, 1.807) is 0 Å². The van der Waals surface area contributed by atoms with E-state index in [4.69, 9.17) is 0 Å². The first-order valence-electron chi connectivity index (χ1n) is 4.12.